The Bertz CT molecular complexity index is 1100. The molecule has 0 saturated heterocycles. The highest BCUT2D eigenvalue weighted by molar-refractivity contribution is 7.99. The maximum Gasteiger partial charge on any atom is 0.253 e. The van der Waals surface area contributed by atoms with Crippen molar-refractivity contribution in [2.24, 2.45) is 5.92 Å². The summed E-state index contributed by atoms with van der Waals surface area (Å²) in [7, 11) is 0. The van der Waals surface area contributed by atoms with E-state index in [1.54, 1.807) is 24.3 Å². The molecule has 0 unspecified atom stereocenters. The molecule has 9 heteroatoms. The van der Waals surface area contributed by atoms with Gasteiger partial charge < -0.3 is 15.2 Å². The minimum atomic E-state index is -0.356. The Morgan fingerprint density at radius 3 is 2.44 bits per heavy atom. The van der Waals surface area contributed by atoms with Gasteiger partial charge in [0.2, 0.25) is 5.91 Å². The fraction of sp³-hybridized carbons (Fsp3) is 0.360. The van der Waals surface area contributed by atoms with Crippen molar-refractivity contribution in [2.75, 3.05) is 12.3 Å². The molecule has 1 atom stereocenters. The molecule has 1 aromatic heterocycles. The molecule has 2 amide bonds. The summed E-state index contributed by atoms with van der Waals surface area (Å²) in [6.07, 6.45) is 0.785. The summed E-state index contributed by atoms with van der Waals surface area (Å²) in [5.41, 5.74) is 1.60. The number of rotatable bonds is 11. The number of halogens is 1. The van der Waals surface area contributed by atoms with Gasteiger partial charge in [-0.05, 0) is 37.0 Å². The molecule has 2 aromatic carbocycles. The summed E-state index contributed by atoms with van der Waals surface area (Å²) >= 11 is 7.53. The van der Waals surface area contributed by atoms with Crippen molar-refractivity contribution < 1.29 is 9.59 Å². The van der Waals surface area contributed by atoms with Crippen molar-refractivity contribution in [1.29, 1.82) is 0 Å². The lowest BCUT2D eigenvalue weighted by molar-refractivity contribution is -0.118. The fourth-order valence-electron chi connectivity index (χ4n) is 3.50. The van der Waals surface area contributed by atoms with E-state index in [-0.39, 0.29) is 29.5 Å². The second-order valence-electron chi connectivity index (χ2n) is 8.13. The van der Waals surface area contributed by atoms with Crippen LogP contribution in [0.15, 0.2) is 59.8 Å². The first kappa shape index (κ1) is 25.8. The van der Waals surface area contributed by atoms with Gasteiger partial charge in [-0.1, -0.05) is 79.7 Å². The van der Waals surface area contributed by atoms with Gasteiger partial charge in [-0.3, -0.25) is 9.59 Å². The molecule has 180 valence electrons. The van der Waals surface area contributed by atoms with Gasteiger partial charge in [0, 0.05) is 13.1 Å². The molecule has 3 aromatic rings. The van der Waals surface area contributed by atoms with Crippen molar-refractivity contribution in [1.82, 2.24) is 25.4 Å². The molecule has 0 aliphatic heterocycles. The van der Waals surface area contributed by atoms with Crippen molar-refractivity contribution >= 4 is 35.2 Å². The van der Waals surface area contributed by atoms with Crippen LogP contribution in [0.5, 0.6) is 0 Å². The molecule has 0 radical (unpaired) electrons. The number of hydrogen-bond acceptors (Lipinski definition) is 5. The molecule has 3 rings (SSSR count). The van der Waals surface area contributed by atoms with Gasteiger partial charge in [-0.2, -0.15) is 0 Å². The largest absolute Gasteiger partial charge is 0.355 e. The number of hydrogen-bond donors (Lipinski definition) is 2. The lowest BCUT2D eigenvalue weighted by Gasteiger charge is -2.22. The minimum Gasteiger partial charge on any atom is -0.355 e. The maximum absolute atomic E-state index is 12.9. The average Bonchev–Trinajstić information content (AvgIpc) is 3.24. The van der Waals surface area contributed by atoms with Gasteiger partial charge in [0.25, 0.3) is 5.91 Å². The normalized spacial score (nSPS) is 11.9. The van der Waals surface area contributed by atoms with Gasteiger partial charge in [-0.25, -0.2) is 0 Å². The highest BCUT2D eigenvalue weighted by atomic mass is 35.5. The van der Waals surface area contributed by atoms with Crippen LogP contribution in [0.25, 0.3) is 0 Å². The van der Waals surface area contributed by atoms with Crippen LogP contribution in [0, 0.1) is 5.92 Å². The van der Waals surface area contributed by atoms with Crippen LogP contribution < -0.4 is 10.6 Å². The van der Waals surface area contributed by atoms with E-state index in [1.807, 2.05) is 55.7 Å². The summed E-state index contributed by atoms with van der Waals surface area (Å²) in [6.45, 7) is 7.21. The Balaban J connectivity index is 1.62. The molecular weight excluding hydrogens is 470 g/mol. The standard InChI is InChI=1S/C25H30ClN5O2S/c1-4-31-23(22(17(2)3)28-24(33)19-12-8-9-13-20(19)26)29-30-25(31)34-16-21(32)27-15-14-18-10-6-5-7-11-18/h5-13,17,22H,4,14-16H2,1-3H3,(H,27,32)(H,28,33)/t22-/m1/s1. The summed E-state index contributed by atoms with van der Waals surface area (Å²) in [4.78, 5) is 25.2. The maximum atomic E-state index is 12.9. The Kier molecular flexibility index (Phi) is 9.53. The van der Waals surface area contributed by atoms with Crippen LogP contribution in [-0.4, -0.2) is 38.9 Å². The Morgan fingerprint density at radius 1 is 1.06 bits per heavy atom. The van der Waals surface area contributed by atoms with Crippen molar-refractivity contribution in [3.63, 3.8) is 0 Å². The minimum absolute atomic E-state index is 0.0550. The zero-order valence-electron chi connectivity index (χ0n) is 19.6. The van der Waals surface area contributed by atoms with E-state index in [1.165, 1.54) is 17.3 Å². The summed E-state index contributed by atoms with van der Waals surface area (Å²) in [6, 6.07) is 16.6. The average molecular weight is 500 g/mol. The van der Waals surface area contributed by atoms with Crippen molar-refractivity contribution in [2.45, 2.75) is 44.9 Å². The van der Waals surface area contributed by atoms with Crippen LogP contribution in [0.1, 0.15) is 48.6 Å². The molecule has 0 bridgehead atoms. The van der Waals surface area contributed by atoms with E-state index in [0.29, 0.717) is 34.7 Å². The Morgan fingerprint density at radius 2 is 1.76 bits per heavy atom. The van der Waals surface area contributed by atoms with E-state index >= 15 is 0 Å². The highest BCUT2D eigenvalue weighted by Gasteiger charge is 2.26. The van der Waals surface area contributed by atoms with Gasteiger partial charge in [-0.15, -0.1) is 10.2 Å². The lowest BCUT2D eigenvalue weighted by Crippen LogP contribution is -2.34. The fourth-order valence-corrected chi connectivity index (χ4v) is 4.56. The van der Waals surface area contributed by atoms with Crippen molar-refractivity contribution in [3.05, 3.63) is 76.6 Å². The second kappa shape index (κ2) is 12.6. The predicted octanol–water partition coefficient (Wildman–Crippen LogP) is 4.53. The predicted molar refractivity (Wildman–Crippen MR) is 136 cm³/mol. The number of carbonyl (C=O) groups excluding carboxylic acids is 2. The zero-order valence-corrected chi connectivity index (χ0v) is 21.2. The van der Waals surface area contributed by atoms with Gasteiger partial charge in [0.1, 0.15) is 0 Å². The molecular formula is C25H30ClN5O2S. The molecule has 7 nitrogen and oxygen atoms in total. The SMILES string of the molecule is CCn1c(SCC(=O)NCCc2ccccc2)nnc1[C@H](NC(=O)c1ccccc1Cl)C(C)C. The summed E-state index contributed by atoms with van der Waals surface area (Å²) < 4.78 is 1.94. The first-order chi connectivity index (χ1) is 16.4. The summed E-state index contributed by atoms with van der Waals surface area (Å²) in [5.74, 6) is 0.651. The molecule has 0 aliphatic carbocycles. The monoisotopic (exact) mass is 499 g/mol. The molecule has 2 N–H and O–H groups in total. The topological polar surface area (TPSA) is 88.9 Å². The van der Waals surface area contributed by atoms with Crippen LogP contribution in [0.3, 0.4) is 0 Å². The Labute approximate surface area is 209 Å². The first-order valence-electron chi connectivity index (χ1n) is 11.3. The molecule has 0 aliphatic rings. The van der Waals surface area contributed by atoms with Gasteiger partial charge >= 0.3 is 0 Å². The third kappa shape index (κ3) is 6.84. The van der Waals surface area contributed by atoms with Crippen LogP contribution in [-0.2, 0) is 17.8 Å². The number of aromatic nitrogens is 3. The number of amides is 2. The van der Waals surface area contributed by atoms with E-state index in [4.69, 9.17) is 11.6 Å². The van der Waals surface area contributed by atoms with E-state index in [9.17, 15) is 9.59 Å². The number of benzene rings is 2. The summed E-state index contributed by atoms with van der Waals surface area (Å²) in [5, 5.41) is 15.7. The quantitative estimate of drug-likeness (QED) is 0.378. The smallest absolute Gasteiger partial charge is 0.253 e. The Hall–Kier alpha value is -2.84. The highest BCUT2D eigenvalue weighted by Crippen LogP contribution is 2.26. The molecule has 0 fully saturated rings. The molecule has 1 heterocycles. The van der Waals surface area contributed by atoms with Gasteiger partial charge in [0.05, 0.1) is 22.4 Å². The third-order valence-electron chi connectivity index (χ3n) is 5.32. The van der Waals surface area contributed by atoms with Crippen molar-refractivity contribution in [3.8, 4) is 0 Å². The van der Waals surface area contributed by atoms with E-state index < -0.39 is 0 Å². The number of thioether (sulfide) groups is 1. The number of nitrogens with zero attached hydrogens (tertiary/aromatic N) is 3. The van der Waals surface area contributed by atoms with Gasteiger partial charge in [0.15, 0.2) is 11.0 Å². The number of nitrogens with one attached hydrogen (secondary N) is 2. The lowest BCUT2D eigenvalue weighted by atomic mass is 10.0. The molecule has 34 heavy (non-hydrogen) atoms. The van der Waals surface area contributed by atoms with Crippen LogP contribution in [0.4, 0.5) is 0 Å². The van der Waals surface area contributed by atoms with Crippen LogP contribution >= 0.6 is 23.4 Å². The first-order valence-corrected chi connectivity index (χ1v) is 12.7. The second-order valence-corrected chi connectivity index (χ2v) is 9.48. The number of carbonyl (C=O) groups is 2. The van der Waals surface area contributed by atoms with Crippen LogP contribution in [0.2, 0.25) is 5.02 Å². The molecule has 0 saturated carbocycles. The molecule has 0 spiro atoms. The van der Waals surface area contributed by atoms with E-state index in [0.717, 1.165) is 6.42 Å². The third-order valence-corrected chi connectivity index (χ3v) is 6.62. The van der Waals surface area contributed by atoms with E-state index in [2.05, 4.69) is 20.8 Å². The zero-order chi connectivity index (χ0) is 24.5.